The Labute approximate surface area is 164 Å². The van der Waals surface area contributed by atoms with Crippen molar-refractivity contribution >= 4 is 11.8 Å². The molecule has 6 nitrogen and oxygen atoms in total. The maximum absolute atomic E-state index is 13.3. The van der Waals surface area contributed by atoms with Gasteiger partial charge in [0.1, 0.15) is 6.10 Å². The van der Waals surface area contributed by atoms with E-state index in [0.717, 1.165) is 17.0 Å². The van der Waals surface area contributed by atoms with Crippen molar-refractivity contribution in [2.24, 2.45) is 0 Å². The molecule has 0 radical (unpaired) electrons. The quantitative estimate of drug-likeness (QED) is 0.807. The molecule has 1 spiro atoms. The molecule has 0 unspecified atom stereocenters. The molecular weight excluding hydrogens is 354 g/mol. The Kier molecular flexibility index (Phi) is 3.81. The molecule has 0 N–H and O–H groups in total. The highest BCUT2D eigenvalue weighted by Gasteiger charge is 2.65. The Morgan fingerprint density at radius 1 is 1.18 bits per heavy atom. The zero-order valence-electron chi connectivity index (χ0n) is 16.1. The SMILES string of the molecule is Cc1cc(C(=O)N2CC[C@@]34O[C@@H](c5ccccc5)CN3C(=O)C[C@@H]24)cc(C)n1. The molecule has 3 atom stereocenters. The number of carbonyl (C=O) groups is 2. The second kappa shape index (κ2) is 6.14. The van der Waals surface area contributed by atoms with E-state index in [1.807, 2.05) is 66.1 Å². The number of amides is 2. The van der Waals surface area contributed by atoms with Crippen molar-refractivity contribution < 1.29 is 14.3 Å². The Hall–Kier alpha value is -2.73. The minimum atomic E-state index is -0.690. The number of carbonyl (C=O) groups excluding carboxylic acids is 2. The maximum atomic E-state index is 13.3. The van der Waals surface area contributed by atoms with E-state index in [2.05, 4.69) is 4.98 Å². The van der Waals surface area contributed by atoms with E-state index in [4.69, 9.17) is 4.74 Å². The first-order valence-electron chi connectivity index (χ1n) is 9.77. The van der Waals surface area contributed by atoms with Crippen LogP contribution in [0.2, 0.25) is 0 Å². The fourth-order valence-corrected chi connectivity index (χ4v) is 5.03. The van der Waals surface area contributed by atoms with Gasteiger partial charge in [-0.3, -0.25) is 14.6 Å². The van der Waals surface area contributed by atoms with Crippen LogP contribution in [0.4, 0.5) is 0 Å². The van der Waals surface area contributed by atoms with E-state index in [9.17, 15) is 9.59 Å². The van der Waals surface area contributed by atoms with Gasteiger partial charge in [-0.05, 0) is 31.5 Å². The van der Waals surface area contributed by atoms with E-state index in [-0.39, 0.29) is 24.0 Å². The average molecular weight is 377 g/mol. The summed E-state index contributed by atoms with van der Waals surface area (Å²) in [6.45, 7) is 4.92. The minimum absolute atomic E-state index is 0.0445. The molecule has 0 bridgehead atoms. The van der Waals surface area contributed by atoms with Crippen molar-refractivity contribution in [3.8, 4) is 0 Å². The molecule has 6 heteroatoms. The molecule has 2 amide bonds. The number of nitrogens with zero attached hydrogens (tertiary/aromatic N) is 3. The molecule has 1 aromatic carbocycles. The number of aromatic nitrogens is 1. The van der Waals surface area contributed by atoms with Crippen LogP contribution in [-0.4, -0.2) is 51.5 Å². The molecular formula is C22H23N3O3. The van der Waals surface area contributed by atoms with E-state index in [1.54, 1.807) is 0 Å². The van der Waals surface area contributed by atoms with Gasteiger partial charge in [-0.1, -0.05) is 30.3 Å². The van der Waals surface area contributed by atoms with Crippen LogP contribution in [0.15, 0.2) is 42.5 Å². The molecule has 3 aliphatic heterocycles. The van der Waals surface area contributed by atoms with Gasteiger partial charge in [-0.15, -0.1) is 0 Å². The van der Waals surface area contributed by atoms with Gasteiger partial charge in [-0.25, -0.2) is 0 Å². The highest BCUT2D eigenvalue weighted by molar-refractivity contribution is 5.96. The number of ether oxygens (including phenoxy) is 1. The predicted octanol–water partition coefficient (Wildman–Crippen LogP) is 2.61. The number of likely N-dealkylation sites (tertiary alicyclic amines) is 1. The normalized spacial score (nSPS) is 28.6. The summed E-state index contributed by atoms with van der Waals surface area (Å²) in [6, 6.07) is 13.4. The molecule has 3 saturated heterocycles. The first-order valence-corrected chi connectivity index (χ1v) is 9.77. The second-order valence-electron chi connectivity index (χ2n) is 7.97. The molecule has 4 heterocycles. The molecule has 28 heavy (non-hydrogen) atoms. The highest BCUT2D eigenvalue weighted by atomic mass is 16.5. The number of hydrogen-bond donors (Lipinski definition) is 0. The minimum Gasteiger partial charge on any atom is -0.343 e. The summed E-state index contributed by atoms with van der Waals surface area (Å²) in [4.78, 5) is 34.1. The Morgan fingerprint density at radius 2 is 1.89 bits per heavy atom. The van der Waals surface area contributed by atoms with Crippen LogP contribution in [0.3, 0.4) is 0 Å². The number of aryl methyl sites for hydroxylation is 2. The lowest BCUT2D eigenvalue weighted by atomic mass is 10.1. The van der Waals surface area contributed by atoms with Crippen molar-refractivity contribution in [3.05, 3.63) is 65.0 Å². The van der Waals surface area contributed by atoms with Crippen LogP contribution in [-0.2, 0) is 9.53 Å². The molecule has 2 aromatic rings. The zero-order valence-corrected chi connectivity index (χ0v) is 16.1. The summed E-state index contributed by atoms with van der Waals surface area (Å²) >= 11 is 0. The third kappa shape index (κ3) is 2.48. The average Bonchev–Trinajstić information content (AvgIpc) is 3.30. The van der Waals surface area contributed by atoms with Gasteiger partial charge in [0.2, 0.25) is 5.91 Å². The van der Waals surface area contributed by atoms with Gasteiger partial charge in [-0.2, -0.15) is 0 Å². The number of rotatable bonds is 2. The summed E-state index contributed by atoms with van der Waals surface area (Å²) in [6.07, 6.45) is 0.839. The monoisotopic (exact) mass is 377 g/mol. The van der Waals surface area contributed by atoms with E-state index >= 15 is 0 Å². The summed E-state index contributed by atoms with van der Waals surface area (Å²) in [5.74, 6) is 0.0277. The van der Waals surface area contributed by atoms with Crippen LogP contribution < -0.4 is 0 Å². The van der Waals surface area contributed by atoms with Gasteiger partial charge in [0.05, 0.1) is 19.0 Å². The van der Waals surface area contributed by atoms with E-state index < -0.39 is 5.72 Å². The third-order valence-electron chi connectivity index (χ3n) is 6.19. The summed E-state index contributed by atoms with van der Waals surface area (Å²) in [5, 5.41) is 0. The lowest BCUT2D eigenvalue weighted by Crippen LogP contribution is -2.48. The lowest BCUT2D eigenvalue weighted by molar-refractivity contribution is -0.138. The lowest BCUT2D eigenvalue weighted by Gasteiger charge is -2.32. The van der Waals surface area contributed by atoms with Crippen molar-refractivity contribution in [2.75, 3.05) is 13.1 Å². The molecule has 1 aromatic heterocycles. The molecule has 3 fully saturated rings. The first kappa shape index (κ1) is 17.4. The van der Waals surface area contributed by atoms with Crippen LogP contribution in [0.5, 0.6) is 0 Å². The third-order valence-corrected chi connectivity index (χ3v) is 6.19. The molecule has 0 saturated carbocycles. The predicted molar refractivity (Wildman–Crippen MR) is 102 cm³/mol. The van der Waals surface area contributed by atoms with Gasteiger partial charge >= 0.3 is 0 Å². The number of pyridine rings is 1. The molecule has 0 aliphatic carbocycles. The van der Waals surface area contributed by atoms with Gasteiger partial charge < -0.3 is 14.5 Å². The summed E-state index contributed by atoms with van der Waals surface area (Å²) in [5.41, 5.74) is 2.66. The standard InChI is InChI=1S/C22H23N3O3/c1-14-10-17(11-15(2)23-14)21(27)24-9-8-22-19(24)12-20(26)25(22)13-18(28-22)16-6-4-3-5-7-16/h3-7,10-11,18-19H,8-9,12-13H2,1-2H3/t18-,19-,22+/m1/s1. The van der Waals surface area contributed by atoms with E-state index in [1.165, 1.54) is 0 Å². The van der Waals surface area contributed by atoms with Crippen LogP contribution in [0.25, 0.3) is 0 Å². The van der Waals surface area contributed by atoms with Crippen molar-refractivity contribution in [1.29, 1.82) is 0 Å². The van der Waals surface area contributed by atoms with Gasteiger partial charge in [0, 0.05) is 29.9 Å². The fourth-order valence-electron chi connectivity index (χ4n) is 5.03. The topological polar surface area (TPSA) is 62.7 Å². The van der Waals surface area contributed by atoms with Gasteiger partial charge in [0.15, 0.2) is 5.72 Å². The maximum Gasteiger partial charge on any atom is 0.254 e. The van der Waals surface area contributed by atoms with Gasteiger partial charge in [0.25, 0.3) is 5.91 Å². The number of benzene rings is 1. The van der Waals surface area contributed by atoms with Crippen LogP contribution in [0.1, 0.15) is 46.3 Å². The molecule has 144 valence electrons. The van der Waals surface area contributed by atoms with Crippen molar-refractivity contribution in [2.45, 2.75) is 44.6 Å². The molecule has 3 aliphatic rings. The largest absolute Gasteiger partial charge is 0.343 e. The van der Waals surface area contributed by atoms with Crippen LogP contribution >= 0.6 is 0 Å². The van der Waals surface area contributed by atoms with Crippen molar-refractivity contribution in [3.63, 3.8) is 0 Å². The smallest absolute Gasteiger partial charge is 0.254 e. The van der Waals surface area contributed by atoms with E-state index in [0.29, 0.717) is 31.5 Å². The van der Waals surface area contributed by atoms with Crippen molar-refractivity contribution in [1.82, 2.24) is 14.8 Å². The molecule has 5 rings (SSSR count). The van der Waals surface area contributed by atoms with Crippen LogP contribution in [0, 0.1) is 13.8 Å². The zero-order chi connectivity index (χ0) is 19.5. The fraction of sp³-hybridized carbons (Fsp3) is 0.409. The Bertz CT molecular complexity index is 941. The first-order chi connectivity index (χ1) is 13.5. The second-order valence-corrected chi connectivity index (χ2v) is 7.97. The number of hydrogen-bond acceptors (Lipinski definition) is 4. The summed E-state index contributed by atoms with van der Waals surface area (Å²) < 4.78 is 6.52. The highest BCUT2D eigenvalue weighted by Crippen LogP contribution is 2.50. The Morgan fingerprint density at radius 3 is 2.61 bits per heavy atom. The Balaban J connectivity index is 1.45. The summed E-state index contributed by atoms with van der Waals surface area (Å²) in [7, 11) is 0.